The highest BCUT2D eigenvalue weighted by Crippen LogP contribution is 2.66. The third-order valence-corrected chi connectivity index (χ3v) is 5.49. The molecular formula is C14H24. The Bertz CT molecular complexity index is 204. The smallest absolute Gasteiger partial charge is 0.0263 e. The first kappa shape index (κ1) is 9.24. The predicted molar refractivity (Wildman–Crippen MR) is 60.1 cm³/mol. The van der Waals surface area contributed by atoms with E-state index in [0.29, 0.717) is 0 Å². The van der Waals surface area contributed by atoms with Gasteiger partial charge in [-0.2, -0.15) is 0 Å². The van der Waals surface area contributed by atoms with Gasteiger partial charge in [-0.15, -0.1) is 0 Å². The first-order valence-corrected chi connectivity index (χ1v) is 6.80. The van der Waals surface area contributed by atoms with Crippen LogP contribution in [-0.4, -0.2) is 0 Å². The van der Waals surface area contributed by atoms with Crippen molar-refractivity contribution in [1.29, 1.82) is 0 Å². The molecule has 0 aliphatic heterocycles. The molecule has 1 spiro atoms. The lowest BCUT2D eigenvalue weighted by molar-refractivity contribution is 0.228. The normalized spacial score (nSPS) is 48.6. The van der Waals surface area contributed by atoms with Crippen molar-refractivity contribution in [2.75, 3.05) is 0 Å². The Morgan fingerprint density at radius 3 is 2.21 bits per heavy atom. The molecule has 14 heavy (non-hydrogen) atoms. The van der Waals surface area contributed by atoms with Gasteiger partial charge in [0.25, 0.3) is 0 Å². The molecule has 0 amide bonds. The van der Waals surface area contributed by atoms with E-state index in [-0.39, 0.29) is 0 Å². The first-order chi connectivity index (χ1) is 6.80. The zero-order valence-electron chi connectivity index (χ0n) is 9.60. The largest absolute Gasteiger partial charge is 0.0625 e. The molecule has 1 atom stereocenters. The summed E-state index contributed by atoms with van der Waals surface area (Å²) in [5.74, 6) is 3.37. The van der Waals surface area contributed by atoms with Gasteiger partial charge in [0.1, 0.15) is 0 Å². The summed E-state index contributed by atoms with van der Waals surface area (Å²) in [7, 11) is 0. The van der Waals surface area contributed by atoms with Crippen molar-refractivity contribution in [3.8, 4) is 0 Å². The molecular weight excluding hydrogens is 168 g/mol. The van der Waals surface area contributed by atoms with Gasteiger partial charge in [0.05, 0.1) is 0 Å². The Labute approximate surface area is 88.5 Å². The summed E-state index contributed by atoms with van der Waals surface area (Å²) in [6.45, 7) is 2.44. The lowest BCUT2D eigenvalue weighted by atomic mass is 9.77. The fourth-order valence-corrected chi connectivity index (χ4v) is 4.32. The summed E-state index contributed by atoms with van der Waals surface area (Å²) < 4.78 is 0. The SMILES string of the molecule is CC1CCC2(CC1)C[C@H]2C1CCCC1. The van der Waals surface area contributed by atoms with Gasteiger partial charge in [-0.3, -0.25) is 0 Å². The fraction of sp³-hybridized carbons (Fsp3) is 1.00. The molecule has 0 bridgehead atoms. The molecule has 3 saturated carbocycles. The van der Waals surface area contributed by atoms with E-state index in [1.54, 1.807) is 32.1 Å². The van der Waals surface area contributed by atoms with Crippen LogP contribution >= 0.6 is 0 Å². The highest BCUT2D eigenvalue weighted by atomic mass is 14.6. The summed E-state index contributed by atoms with van der Waals surface area (Å²) in [6, 6.07) is 0. The molecule has 0 saturated heterocycles. The van der Waals surface area contributed by atoms with Crippen LogP contribution in [0.25, 0.3) is 0 Å². The summed E-state index contributed by atoms with van der Waals surface area (Å²) in [6.07, 6.45) is 14.0. The molecule has 3 aliphatic carbocycles. The van der Waals surface area contributed by atoms with Gasteiger partial charge in [-0.1, -0.05) is 45.4 Å². The van der Waals surface area contributed by atoms with Crippen molar-refractivity contribution in [3.63, 3.8) is 0 Å². The van der Waals surface area contributed by atoms with E-state index in [1.165, 1.54) is 31.6 Å². The minimum absolute atomic E-state index is 0.890. The molecule has 0 heteroatoms. The second kappa shape index (κ2) is 3.25. The number of hydrogen-bond donors (Lipinski definition) is 0. The third kappa shape index (κ3) is 1.42. The Kier molecular flexibility index (Phi) is 2.15. The van der Waals surface area contributed by atoms with Crippen LogP contribution in [0.5, 0.6) is 0 Å². The zero-order chi connectivity index (χ0) is 9.60. The molecule has 0 nitrogen and oxygen atoms in total. The second-order valence-electron chi connectivity index (χ2n) is 6.40. The van der Waals surface area contributed by atoms with Crippen molar-refractivity contribution in [3.05, 3.63) is 0 Å². The van der Waals surface area contributed by atoms with Gasteiger partial charge in [0, 0.05) is 0 Å². The minimum Gasteiger partial charge on any atom is -0.0625 e. The monoisotopic (exact) mass is 192 g/mol. The molecule has 0 aromatic carbocycles. The molecule has 0 heterocycles. The molecule has 80 valence electrons. The lowest BCUT2D eigenvalue weighted by Crippen LogP contribution is -2.17. The van der Waals surface area contributed by atoms with Gasteiger partial charge < -0.3 is 0 Å². The summed E-state index contributed by atoms with van der Waals surface area (Å²) in [5, 5.41) is 0. The molecule has 0 aromatic heterocycles. The summed E-state index contributed by atoms with van der Waals surface area (Å²) >= 11 is 0. The van der Waals surface area contributed by atoms with Crippen LogP contribution in [0.1, 0.15) is 64.7 Å². The average molecular weight is 192 g/mol. The molecule has 0 aromatic rings. The quantitative estimate of drug-likeness (QED) is 0.578. The van der Waals surface area contributed by atoms with Crippen LogP contribution in [0.15, 0.2) is 0 Å². The van der Waals surface area contributed by atoms with E-state index in [9.17, 15) is 0 Å². The van der Waals surface area contributed by atoms with Crippen molar-refractivity contribution >= 4 is 0 Å². The van der Waals surface area contributed by atoms with E-state index in [2.05, 4.69) is 6.92 Å². The first-order valence-electron chi connectivity index (χ1n) is 6.80. The predicted octanol–water partition coefficient (Wildman–Crippen LogP) is 4.39. The summed E-state index contributed by atoms with van der Waals surface area (Å²) in [4.78, 5) is 0. The van der Waals surface area contributed by atoms with Crippen LogP contribution < -0.4 is 0 Å². The molecule has 0 radical (unpaired) electrons. The van der Waals surface area contributed by atoms with Gasteiger partial charge in [-0.25, -0.2) is 0 Å². The lowest BCUT2D eigenvalue weighted by Gasteiger charge is -2.28. The molecule has 0 unspecified atom stereocenters. The van der Waals surface area contributed by atoms with Crippen LogP contribution in [0.3, 0.4) is 0 Å². The van der Waals surface area contributed by atoms with E-state index in [1.807, 2.05) is 0 Å². The highest BCUT2D eigenvalue weighted by Gasteiger charge is 2.57. The summed E-state index contributed by atoms with van der Waals surface area (Å²) in [5.41, 5.74) is 0.890. The van der Waals surface area contributed by atoms with Gasteiger partial charge in [-0.05, 0) is 42.4 Å². The zero-order valence-corrected chi connectivity index (χ0v) is 9.60. The Morgan fingerprint density at radius 2 is 1.57 bits per heavy atom. The second-order valence-corrected chi connectivity index (χ2v) is 6.40. The van der Waals surface area contributed by atoms with Crippen molar-refractivity contribution in [2.24, 2.45) is 23.2 Å². The van der Waals surface area contributed by atoms with Crippen LogP contribution in [0, 0.1) is 23.2 Å². The maximum atomic E-state index is 2.44. The molecule has 0 N–H and O–H groups in total. The topological polar surface area (TPSA) is 0 Å². The van der Waals surface area contributed by atoms with E-state index in [4.69, 9.17) is 0 Å². The van der Waals surface area contributed by atoms with Gasteiger partial charge >= 0.3 is 0 Å². The minimum atomic E-state index is 0.890. The Hall–Kier alpha value is 0. The maximum absolute atomic E-state index is 2.44. The van der Waals surface area contributed by atoms with Gasteiger partial charge in [0.2, 0.25) is 0 Å². The maximum Gasteiger partial charge on any atom is -0.0263 e. The third-order valence-electron chi connectivity index (χ3n) is 5.49. The molecule has 3 fully saturated rings. The van der Waals surface area contributed by atoms with E-state index in [0.717, 1.165) is 17.3 Å². The van der Waals surface area contributed by atoms with Crippen LogP contribution in [0.4, 0.5) is 0 Å². The molecule has 3 aliphatic rings. The number of rotatable bonds is 1. The standard InChI is InChI=1S/C14H24/c1-11-6-8-14(9-7-11)10-13(14)12-4-2-3-5-12/h11-13H,2-10H2,1H3/t11?,13-,14?/m0/s1. The Balaban J connectivity index is 1.60. The Morgan fingerprint density at radius 1 is 0.929 bits per heavy atom. The van der Waals surface area contributed by atoms with E-state index < -0.39 is 0 Å². The van der Waals surface area contributed by atoms with Crippen molar-refractivity contribution in [2.45, 2.75) is 64.7 Å². The van der Waals surface area contributed by atoms with Crippen molar-refractivity contribution < 1.29 is 0 Å². The van der Waals surface area contributed by atoms with E-state index >= 15 is 0 Å². The van der Waals surface area contributed by atoms with Crippen LogP contribution in [0.2, 0.25) is 0 Å². The highest BCUT2D eigenvalue weighted by molar-refractivity contribution is 5.06. The molecule has 3 rings (SSSR count). The van der Waals surface area contributed by atoms with Crippen molar-refractivity contribution in [1.82, 2.24) is 0 Å². The van der Waals surface area contributed by atoms with Gasteiger partial charge in [0.15, 0.2) is 0 Å². The number of hydrogen-bond acceptors (Lipinski definition) is 0. The fourth-order valence-electron chi connectivity index (χ4n) is 4.32. The average Bonchev–Trinajstić information content (AvgIpc) is 2.64. The van der Waals surface area contributed by atoms with Crippen LogP contribution in [-0.2, 0) is 0 Å².